The fourth-order valence-corrected chi connectivity index (χ4v) is 3.87. The van der Waals surface area contributed by atoms with E-state index in [4.69, 9.17) is 9.84 Å². The Labute approximate surface area is 160 Å². The summed E-state index contributed by atoms with van der Waals surface area (Å²) in [6.07, 6.45) is -0.594. The van der Waals surface area contributed by atoms with E-state index in [1.807, 2.05) is 38.1 Å². The minimum Gasteiger partial charge on any atom is -0.481 e. The number of hydrogen-bond donors (Lipinski definition) is 3. The molecule has 0 fully saturated rings. The lowest BCUT2D eigenvalue weighted by molar-refractivity contribution is -0.142. The number of aliphatic carboxylic acids is 1. The van der Waals surface area contributed by atoms with Crippen LogP contribution >= 0.6 is 0 Å². The van der Waals surface area contributed by atoms with Crippen molar-refractivity contribution in [3.05, 3.63) is 59.7 Å². The van der Waals surface area contributed by atoms with Gasteiger partial charge in [0.05, 0.1) is 13.0 Å². The number of carboxylic acids is 1. The van der Waals surface area contributed by atoms with Gasteiger partial charge in [0.25, 0.3) is 0 Å². The van der Waals surface area contributed by atoms with Gasteiger partial charge in [0.1, 0.15) is 0 Å². The molecule has 2 aromatic rings. The van der Waals surface area contributed by atoms with Crippen LogP contribution in [0.4, 0.5) is 0 Å². The summed E-state index contributed by atoms with van der Waals surface area (Å²) in [6.45, 7) is 4.37. The molecule has 2 aromatic carbocycles. The van der Waals surface area contributed by atoms with Gasteiger partial charge in [0.2, 0.25) is 6.41 Å². The van der Waals surface area contributed by atoms with Gasteiger partial charge in [0, 0.05) is 12.0 Å². The van der Waals surface area contributed by atoms with Crippen molar-refractivity contribution in [2.24, 2.45) is 5.92 Å². The Morgan fingerprint density at radius 1 is 1.07 bits per heavy atom. The molecule has 0 heterocycles. The number of carboxylic acid groups (broad SMARTS) is 1. The van der Waals surface area contributed by atoms with Crippen LogP contribution in [0.2, 0.25) is 0 Å². The van der Waals surface area contributed by atoms with Crippen molar-refractivity contribution >= 4 is 5.97 Å². The van der Waals surface area contributed by atoms with E-state index < -0.39 is 12.4 Å². The molecule has 0 amide bonds. The smallest absolute Gasteiger partial charge is 0.304 e. The van der Waals surface area contributed by atoms with E-state index in [1.165, 1.54) is 22.3 Å². The van der Waals surface area contributed by atoms with Gasteiger partial charge in [0.15, 0.2) is 0 Å². The molecule has 3 N–H and O–H groups in total. The molecule has 0 aliphatic heterocycles. The van der Waals surface area contributed by atoms with Crippen LogP contribution in [0.3, 0.4) is 0 Å². The van der Waals surface area contributed by atoms with Gasteiger partial charge in [-0.25, -0.2) is 0 Å². The number of benzene rings is 2. The van der Waals surface area contributed by atoms with Crippen molar-refractivity contribution in [1.29, 1.82) is 0 Å². The number of carbonyl (C=O) groups is 1. The quantitative estimate of drug-likeness (QED) is 0.589. The first-order valence-corrected chi connectivity index (χ1v) is 9.41. The van der Waals surface area contributed by atoms with Gasteiger partial charge in [-0.1, -0.05) is 62.4 Å². The number of aliphatic hydroxyl groups is 1. The zero-order valence-electron chi connectivity index (χ0n) is 15.8. The normalized spacial score (nSPS) is 15.4. The third kappa shape index (κ3) is 4.75. The van der Waals surface area contributed by atoms with Crippen LogP contribution in [0.5, 0.6) is 0 Å². The lowest BCUT2D eigenvalue weighted by Gasteiger charge is -2.24. The highest BCUT2D eigenvalue weighted by molar-refractivity contribution is 5.78. The molecule has 0 saturated heterocycles. The molecule has 5 heteroatoms. The summed E-state index contributed by atoms with van der Waals surface area (Å²) in [4.78, 5) is 11.1. The molecule has 27 heavy (non-hydrogen) atoms. The maximum atomic E-state index is 11.1. The molecular weight excluding hydrogens is 342 g/mol. The average Bonchev–Trinajstić information content (AvgIpc) is 2.93. The number of hydrogen-bond acceptors (Lipinski definition) is 4. The molecule has 0 spiro atoms. The third-order valence-electron chi connectivity index (χ3n) is 4.94. The summed E-state index contributed by atoms with van der Waals surface area (Å²) in [6, 6.07) is 16.1. The average molecular weight is 369 g/mol. The predicted molar refractivity (Wildman–Crippen MR) is 104 cm³/mol. The fourth-order valence-electron chi connectivity index (χ4n) is 3.87. The number of ether oxygens (including phenoxy) is 1. The Kier molecular flexibility index (Phi) is 6.26. The van der Waals surface area contributed by atoms with E-state index in [0.717, 1.165) is 0 Å². The second kappa shape index (κ2) is 8.65. The van der Waals surface area contributed by atoms with E-state index in [0.29, 0.717) is 18.9 Å². The van der Waals surface area contributed by atoms with Crippen molar-refractivity contribution in [2.75, 3.05) is 6.61 Å². The Balaban J connectivity index is 1.66. The van der Waals surface area contributed by atoms with Gasteiger partial charge < -0.3 is 14.9 Å². The third-order valence-corrected chi connectivity index (χ3v) is 4.94. The molecule has 2 atom stereocenters. The lowest BCUT2D eigenvalue weighted by atomic mass is 9.98. The lowest BCUT2D eigenvalue weighted by Crippen LogP contribution is -2.42. The van der Waals surface area contributed by atoms with Crippen LogP contribution in [0, 0.1) is 5.92 Å². The Morgan fingerprint density at radius 3 is 2.15 bits per heavy atom. The summed E-state index contributed by atoms with van der Waals surface area (Å²) >= 11 is 0. The van der Waals surface area contributed by atoms with Crippen LogP contribution in [0.1, 0.15) is 43.7 Å². The van der Waals surface area contributed by atoms with Crippen LogP contribution in [-0.2, 0) is 9.53 Å². The van der Waals surface area contributed by atoms with E-state index in [1.54, 1.807) is 0 Å². The van der Waals surface area contributed by atoms with E-state index in [9.17, 15) is 9.90 Å². The highest BCUT2D eigenvalue weighted by atomic mass is 16.6. The van der Waals surface area contributed by atoms with Gasteiger partial charge in [-0.2, -0.15) is 0 Å². The zero-order chi connectivity index (χ0) is 19.4. The number of fused-ring (bicyclic) bond motifs is 3. The summed E-state index contributed by atoms with van der Waals surface area (Å²) in [5.41, 5.74) is 4.78. The van der Waals surface area contributed by atoms with E-state index >= 15 is 0 Å². The van der Waals surface area contributed by atoms with Crippen molar-refractivity contribution < 1.29 is 19.7 Å². The topological polar surface area (TPSA) is 78.8 Å². The van der Waals surface area contributed by atoms with E-state index in [2.05, 4.69) is 29.6 Å². The molecule has 144 valence electrons. The van der Waals surface area contributed by atoms with Gasteiger partial charge >= 0.3 is 5.97 Å². The highest BCUT2D eigenvalue weighted by Crippen LogP contribution is 2.44. The molecule has 0 aromatic heterocycles. The minimum atomic E-state index is -1.20. The summed E-state index contributed by atoms with van der Waals surface area (Å²) in [5, 5.41) is 22.2. The summed E-state index contributed by atoms with van der Waals surface area (Å²) < 4.78 is 5.68. The van der Waals surface area contributed by atoms with E-state index in [-0.39, 0.29) is 18.4 Å². The largest absolute Gasteiger partial charge is 0.481 e. The molecule has 5 nitrogen and oxygen atoms in total. The molecule has 0 bridgehead atoms. The van der Waals surface area contributed by atoms with Crippen molar-refractivity contribution in [3.8, 4) is 11.1 Å². The molecular formula is C22H27NO4. The Morgan fingerprint density at radius 2 is 1.63 bits per heavy atom. The molecule has 3 rings (SSSR count). The highest BCUT2D eigenvalue weighted by Gasteiger charge is 2.29. The van der Waals surface area contributed by atoms with Crippen LogP contribution < -0.4 is 5.32 Å². The number of aliphatic hydroxyl groups excluding tert-OH is 1. The van der Waals surface area contributed by atoms with Crippen molar-refractivity contribution in [1.82, 2.24) is 5.32 Å². The Bertz CT molecular complexity index is 744. The SMILES string of the molecule is CC(C)C[C@H](CC(=O)O)NC(O)OCC1c2ccccc2-c2ccccc21. The van der Waals surface area contributed by atoms with Gasteiger partial charge in [-0.15, -0.1) is 0 Å². The maximum Gasteiger partial charge on any atom is 0.304 e. The number of nitrogens with one attached hydrogen (secondary N) is 1. The zero-order valence-corrected chi connectivity index (χ0v) is 15.8. The first-order chi connectivity index (χ1) is 13.0. The van der Waals surface area contributed by atoms with Crippen LogP contribution in [0.15, 0.2) is 48.5 Å². The predicted octanol–water partition coefficient (Wildman–Crippen LogP) is 3.57. The molecule has 0 saturated carbocycles. The van der Waals surface area contributed by atoms with Crippen molar-refractivity contribution in [2.45, 2.75) is 45.1 Å². The monoisotopic (exact) mass is 369 g/mol. The minimum absolute atomic E-state index is 0.0479. The van der Waals surface area contributed by atoms with Crippen LogP contribution in [0.25, 0.3) is 11.1 Å². The second-order valence-electron chi connectivity index (χ2n) is 7.50. The van der Waals surface area contributed by atoms with Gasteiger partial charge in [-0.05, 0) is 34.6 Å². The first-order valence-electron chi connectivity index (χ1n) is 9.41. The Hall–Kier alpha value is -2.21. The van der Waals surface area contributed by atoms with Crippen LogP contribution in [-0.4, -0.2) is 35.2 Å². The number of rotatable bonds is 9. The molecule has 0 radical (unpaired) electrons. The molecule has 1 unspecified atom stereocenters. The standard InChI is InChI=1S/C22H27NO4/c1-14(2)11-15(12-21(24)25)23-22(26)27-13-20-18-9-5-3-7-16(18)17-8-4-6-10-19(17)20/h3-10,14-15,20,22-23,26H,11-13H2,1-2H3,(H,24,25)/t15-,22?/m1/s1. The molecule has 1 aliphatic carbocycles. The molecule has 1 aliphatic rings. The van der Waals surface area contributed by atoms with Crippen molar-refractivity contribution in [3.63, 3.8) is 0 Å². The first kappa shape index (κ1) is 19.5. The fraction of sp³-hybridized carbons (Fsp3) is 0.409. The summed E-state index contributed by atoms with van der Waals surface area (Å²) in [7, 11) is 0. The maximum absolute atomic E-state index is 11.1. The summed E-state index contributed by atoms with van der Waals surface area (Å²) in [5.74, 6) is -0.515. The second-order valence-corrected chi connectivity index (χ2v) is 7.50. The van der Waals surface area contributed by atoms with Gasteiger partial charge in [-0.3, -0.25) is 10.1 Å².